The summed E-state index contributed by atoms with van der Waals surface area (Å²) in [4.78, 5) is 0. The van der Waals surface area contributed by atoms with Crippen molar-refractivity contribution in [1.82, 2.24) is 0 Å². The maximum atomic E-state index is 5.06. The molecular formula is H2Cl6IrK3O. The summed E-state index contributed by atoms with van der Waals surface area (Å²) in [6.45, 7) is -5.33. The predicted octanol–water partition coefficient (Wildman–Crippen LogP) is -5.68. The molecule has 0 spiro atoms. The molecule has 0 aliphatic heterocycles. The second-order valence-electron chi connectivity index (χ2n) is 0.714. The Morgan fingerprint density at radius 1 is 0.545 bits per heavy atom. The van der Waals surface area contributed by atoms with E-state index in [1.54, 1.807) is 0 Å². The average Bonchev–Trinajstić information content (AvgIpc) is 0.592. The van der Waals surface area contributed by atoms with E-state index >= 15 is 0 Å². The fraction of sp³-hybridized carbons (Fsp3) is 0. The number of hydrogen-bond donors (Lipinski definition) is 0. The Kier molecular flexibility index (Phi) is 25.9. The van der Waals surface area contributed by atoms with Crippen LogP contribution in [0.25, 0.3) is 0 Å². The van der Waals surface area contributed by atoms with E-state index in [1.807, 2.05) is 0 Å². The second-order valence-corrected chi connectivity index (χ2v) is 52.6. The van der Waals surface area contributed by atoms with E-state index in [4.69, 9.17) is 57.5 Å². The van der Waals surface area contributed by atoms with Gasteiger partial charge in [0.2, 0.25) is 0 Å². The van der Waals surface area contributed by atoms with Crippen LogP contribution < -0.4 is 154 Å². The quantitative estimate of drug-likeness (QED) is 0.275. The van der Waals surface area contributed by atoms with Gasteiger partial charge in [-0.1, -0.05) is 0 Å². The smallest absolute Gasteiger partial charge is 1.00 e. The van der Waals surface area contributed by atoms with Gasteiger partial charge in [0.15, 0.2) is 0 Å². The summed E-state index contributed by atoms with van der Waals surface area (Å²) in [6, 6.07) is 0. The maximum absolute atomic E-state index is 5.33. The van der Waals surface area contributed by atoms with Gasteiger partial charge in [0.05, 0.1) is 0 Å². The molecule has 62 valence electrons. The molecule has 1 nitrogen and oxygen atoms in total. The minimum atomic E-state index is -5.33. The molecule has 0 aliphatic rings. The Labute approximate surface area is 216 Å². The fourth-order valence-electron chi connectivity index (χ4n) is 0. The summed E-state index contributed by atoms with van der Waals surface area (Å²) >= 11 is 0. The van der Waals surface area contributed by atoms with Crippen LogP contribution in [-0.4, -0.2) is 5.48 Å². The fourth-order valence-corrected chi connectivity index (χ4v) is 0. The molecule has 2 N–H and O–H groups in total. The SMILES string of the molecule is O.[Cl][Ir-3]([Cl])([Cl])([Cl])([Cl])[Cl].[K+].[K+].[K+]. The molecule has 0 amide bonds. The normalized spacial score (nSPS) is 14.7. The van der Waals surface area contributed by atoms with Crippen molar-refractivity contribution in [1.29, 1.82) is 0 Å². The number of hydrogen-bond acceptors (Lipinski definition) is 0. The largest absolute Gasteiger partial charge is 1.00 e. The molecule has 0 aromatic rings. The molecule has 0 bridgehead atoms. The average molecular weight is 540 g/mol. The van der Waals surface area contributed by atoms with E-state index < -0.39 is 6.81 Å². The van der Waals surface area contributed by atoms with Gasteiger partial charge in [-0.3, -0.25) is 0 Å². The zero-order chi connectivity index (χ0) is 6.41. The Morgan fingerprint density at radius 2 is 0.545 bits per heavy atom. The third-order valence-corrected chi connectivity index (χ3v) is 0. The first kappa shape index (κ1) is 30.9. The monoisotopic (exact) mass is 538 g/mol. The van der Waals surface area contributed by atoms with Crippen LogP contribution in [0.4, 0.5) is 0 Å². The number of halogens is 6. The Balaban J connectivity index is -0.0000000300. The van der Waals surface area contributed by atoms with Crippen molar-refractivity contribution < 1.29 is 166 Å². The van der Waals surface area contributed by atoms with Crippen molar-refractivity contribution in [2.24, 2.45) is 0 Å². The van der Waals surface area contributed by atoms with Gasteiger partial charge < -0.3 is 5.48 Å². The van der Waals surface area contributed by atoms with Gasteiger partial charge in [-0.05, 0) is 0 Å². The van der Waals surface area contributed by atoms with Gasteiger partial charge in [-0.25, -0.2) is 0 Å². The molecule has 0 aromatic carbocycles. The van der Waals surface area contributed by atoms with Crippen molar-refractivity contribution in [2.75, 3.05) is 0 Å². The van der Waals surface area contributed by atoms with E-state index in [0.29, 0.717) is 0 Å². The van der Waals surface area contributed by atoms with Crippen molar-refractivity contribution in [3.8, 4) is 0 Å². The van der Waals surface area contributed by atoms with Crippen LogP contribution in [0.3, 0.4) is 0 Å². The van der Waals surface area contributed by atoms with Gasteiger partial charge in [-0.15, -0.1) is 0 Å². The first-order valence-electron chi connectivity index (χ1n) is 0.756. The van der Waals surface area contributed by atoms with Gasteiger partial charge in [0.1, 0.15) is 0 Å². The van der Waals surface area contributed by atoms with E-state index in [-0.39, 0.29) is 160 Å². The summed E-state index contributed by atoms with van der Waals surface area (Å²) in [5, 5.41) is 0. The molecule has 0 rings (SSSR count). The van der Waals surface area contributed by atoms with Gasteiger partial charge in [0, 0.05) is 0 Å². The Hall–Kier alpha value is 7.26. The molecule has 0 unspecified atom stereocenters. The van der Waals surface area contributed by atoms with Crippen molar-refractivity contribution in [3.05, 3.63) is 0 Å². The van der Waals surface area contributed by atoms with Crippen LogP contribution in [0.2, 0.25) is 0 Å². The van der Waals surface area contributed by atoms with Crippen molar-refractivity contribution in [3.63, 3.8) is 0 Å². The van der Waals surface area contributed by atoms with Gasteiger partial charge in [-0.2, -0.15) is 0 Å². The van der Waals surface area contributed by atoms with Crippen LogP contribution in [0.5, 0.6) is 0 Å². The molecular weight excluding hydrogens is 538 g/mol. The molecule has 0 radical (unpaired) electrons. The zero-order valence-corrected chi connectivity index (χ0v) is 22.4. The number of rotatable bonds is 0. The molecule has 11 heavy (non-hydrogen) atoms. The molecule has 0 fully saturated rings. The molecule has 11 heteroatoms. The topological polar surface area (TPSA) is 31.5 Å². The van der Waals surface area contributed by atoms with E-state index in [9.17, 15) is 0 Å². The van der Waals surface area contributed by atoms with Crippen LogP contribution >= 0.6 is 57.5 Å². The van der Waals surface area contributed by atoms with Crippen molar-refractivity contribution >= 4 is 57.5 Å². The predicted molar refractivity (Wildman–Crippen MR) is 38.7 cm³/mol. The maximum Gasteiger partial charge on any atom is 1.00 e. The Morgan fingerprint density at radius 3 is 0.545 bits per heavy atom. The zero-order valence-electron chi connectivity index (χ0n) is 6.10. The summed E-state index contributed by atoms with van der Waals surface area (Å²) in [7, 11) is 30.3. The summed E-state index contributed by atoms with van der Waals surface area (Å²) in [5.41, 5.74) is 0. The third kappa shape index (κ3) is 76.3. The first-order chi connectivity index (χ1) is 2.45. The summed E-state index contributed by atoms with van der Waals surface area (Å²) in [6.07, 6.45) is 0. The van der Waals surface area contributed by atoms with Crippen LogP contribution in [0.15, 0.2) is 0 Å². The van der Waals surface area contributed by atoms with Crippen LogP contribution in [0, 0.1) is 0 Å². The third-order valence-electron chi connectivity index (χ3n) is 0. The molecule has 0 aliphatic carbocycles. The molecule has 0 aromatic heterocycles. The first-order valence-corrected chi connectivity index (χ1v) is 18.6. The molecule has 0 saturated heterocycles. The summed E-state index contributed by atoms with van der Waals surface area (Å²) in [5.74, 6) is 0. The minimum absolute atomic E-state index is 0. The van der Waals surface area contributed by atoms with Crippen LogP contribution in [-0.2, 0) is 6.81 Å². The van der Waals surface area contributed by atoms with E-state index in [2.05, 4.69) is 0 Å². The molecule has 0 heterocycles. The second kappa shape index (κ2) is 9.21. The van der Waals surface area contributed by atoms with E-state index in [0.717, 1.165) is 0 Å². The summed E-state index contributed by atoms with van der Waals surface area (Å²) < 4.78 is 0. The Bertz CT molecular complexity index is 76.4. The van der Waals surface area contributed by atoms with E-state index in [1.165, 1.54) is 0 Å². The molecule has 0 atom stereocenters. The standard InChI is InChI=1S/6ClH.Ir.3K.H2O/h6*1H;;;;;1H2/q;;;;;;+3;3*+1;/p-6. The minimum Gasteiger partial charge on any atom is 1.00 e. The van der Waals surface area contributed by atoms with Gasteiger partial charge in [0.25, 0.3) is 0 Å². The molecule has 0 saturated carbocycles. The van der Waals surface area contributed by atoms with Gasteiger partial charge >= 0.3 is 218 Å². The van der Waals surface area contributed by atoms with Crippen LogP contribution in [0.1, 0.15) is 0 Å². The van der Waals surface area contributed by atoms with Crippen molar-refractivity contribution in [2.45, 2.75) is 0 Å².